The van der Waals surface area contributed by atoms with Gasteiger partial charge in [-0.3, -0.25) is 9.88 Å². The highest BCUT2D eigenvalue weighted by molar-refractivity contribution is 5.85. The Hall–Kier alpha value is -1.23. The molecule has 2 aromatic rings. The molecule has 0 bridgehead atoms. The molecule has 1 aromatic carbocycles. The number of benzene rings is 1. The van der Waals surface area contributed by atoms with Crippen molar-refractivity contribution in [2.45, 2.75) is 19.4 Å². The molecular formula is C16H21ClFN3. The molecule has 0 saturated carbocycles. The first kappa shape index (κ1) is 16.1. The molecule has 3 nitrogen and oxygen atoms in total. The van der Waals surface area contributed by atoms with Gasteiger partial charge in [0.05, 0.1) is 5.52 Å². The zero-order valence-corrected chi connectivity index (χ0v) is 12.8. The molecule has 0 amide bonds. The molecule has 2 N–H and O–H groups in total. The first-order valence-electron chi connectivity index (χ1n) is 7.22. The number of likely N-dealkylation sites (tertiary alicyclic amines) is 1. The van der Waals surface area contributed by atoms with Crippen molar-refractivity contribution >= 4 is 23.3 Å². The predicted molar refractivity (Wildman–Crippen MR) is 86.0 cm³/mol. The quantitative estimate of drug-likeness (QED) is 0.948. The van der Waals surface area contributed by atoms with Gasteiger partial charge in [0, 0.05) is 18.1 Å². The minimum absolute atomic E-state index is 0. The lowest BCUT2D eigenvalue weighted by Crippen LogP contribution is -2.35. The van der Waals surface area contributed by atoms with Crippen molar-refractivity contribution in [1.82, 2.24) is 9.88 Å². The Bertz CT molecular complexity index is 597. The molecule has 1 aliphatic rings. The van der Waals surface area contributed by atoms with Gasteiger partial charge in [0.2, 0.25) is 0 Å². The minimum atomic E-state index is -0.183. The fourth-order valence-electron chi connectivity index (χ4n) is 2.97. The van der Waals surface area contributed by atoms with Gasteiger partial charge in [-0.2, -0.15) is 0 Å². The van der Waals surface area contributed by atoms with Crippen molar-refractivity contribution in [3.8, 4) is 0 Å². The van der Waals surface area contributed by atoms with E-state index in [9.17, 15) is 4.39 Å². The van der Waals surface area contributed by atoms with Crippen LogP contribution in [0.1, 0.15) is 18.4 Å². The maximum absolute atomic E-state index is 13.7. The number of halogens is 2. The Morgan fingerprint density at radius 2 is 2.05 bits per heavy atom. The van der Waals surface area contributed by atoms with Gasteiger partial charge in [-0.25, -0.2) is 4.39 Å². The Balaban J connectivity index is 0.00000161. The van der Waals surface area contributed by atoms with E-state index in [1.54, 1.807) is 18.3 Å². The molecule has 0 spiro atoms. The van der Waals surface area contributed by atoms with Gasteiger partial charge in [0.1, 0.15) is 5.82 Å². The lowest BCUT2D eigenvalue weighted by Gasteiger charge is -2.31. The van der Waals surface area contributed by atoms with Crippen LogP contribution in [0.3, 0.4) is 0 Å². The summed E-state index contributed by atoms with van der Waals surface area (Å²) in [6.07, 6.45) is 4.04. The number of nitrogens with two attached hydrogens (primary N) is 1. The van der Waals surface area contributed by atoms with Gasteiger partial charge in [-0.1, -0.05) is 6.07 Å². The van der Waals surface area contributed by atoms with E-state index < -0.39 is 0 Å². The zero-order chi connectivity index (χ0) is 13.9. The number of pyridine rings is 1. The summed E-state index contributed by atoms with van der Waals surface area (Å²) in [5.74, 6) is 0.464. The lowest BCUT2D eigenvalue weighted by atomic mass is 9.96. The van der Waals surface area contributed by atoms with E-state index in [0.717, 1.165) is 55.5 Å². The SMILES string of the molecule is Cl.NCC1CCN(Cc2cc(F)cc3cccnc23)CC1. The highest BCUT2D eigenvalue weighted by Gasteiger charge is 2.19. The summed E-state index contributed by atoms with van der Waals surface area (Å²) in [6.45, 7) is 3.61. The van der Waals surface area contributed by atoms with Crippen molar-refractivity contribution in [3.63, 3.8) is 0 Å². The van der Waals surface area contributed by atoms with Gasteiger partial charge in [0.25, 0.3) is 0 Å². The summed E-state index contributed by atoms with van der Waals surface area (Å²) in [7, 11) is 0. The molecule has 2 heterocycles. The summed E-state index contributed by atoms with van der Waals surface area (Å²) in [4.78, 5) is 6.78. The maximum atomic E-state index is 13.7. The van der Waals surface area contributed by atoms with Crippen LogP contribution in [0, 0.1) is 11.7 Å². The molecule has 1 saturated heterocycles. The third-order valence-electron chi connectivity index (χ3n) is 4.18. The number of hydrogen-bond donors (Lipinski definition) is 1. The van der Waals surface area contributed by atoms with Crippen LogP contribution in [0.5, 0.6) is 0 Å². The first-order valence-corrected chi connectivity index (χ1v) is 7.22. The molecule has 3 rings (SSSR count). The van der Waals surface area contributed by atoms with Crippen LogP contribution >= 0.6 is 12.4 Å². The van der Waals surface area contributed by atoms with Gasteiger partial charge in [-0.15, -0.1) is 12.4 Å². The summed E-state index contributed by atoms with van der Waals surface area (Å²) in [5, 5.41) is 0.874. The molecule has 1 aliphatic heterocycles. The average molecular weight is 310 g/mol. The Labute approximate surface area is 130 Å². The van der Waals surface area contributed by atoms with Crippen molar-refractivity contribution in [3.05, 3.63) is 41.8 Å². The van der Waals surface area contributed by atoms with Crippen molar-refractivity contribution in [1.29, 1.82) is 0 Å². The Morgan fingerprint density at radius 3 is 2.76 bits per heavy atom. The number of fused-ring (bicyclic) bond motifs is 1. The molecule has 114 valence electrons. The second-order valence-electron chi connectivity index (χ2n) is 5.60. The second-order valence-corrected chi connectivity index (χ2v) is 5.60. The zero-order valence-electron chi connectivity index (χ0n) is 12.0. The third kappa shape index (κ3) is 3.70. The van der Waals surface area contributed by atoms with E-state index in [4.69, 9.17) is 5.73 Å². The minimum Gasteiger partial charge on any atom is -0.330 e. The first-order chi connectivity index (χ1) is 9.76. The smallest absolute Gasteiger partial charge is 0.124 e. The molecule has 5 heteroatoms. The Kier molecular flexibility index (Phi) is 5.51. The number of piperidine rings is 1. The van der Waals surface area contributed by atoms with Crippen LogP contribution in [0.2, 0.25) is 0 Å². The van der Waals surface area contributed by atoms with Gasteiger partial charge in [0.15, 0.2) is 0 Å². The number of hydrogen-bond acceptors (Lipinski definition) is 3. The number of nitrogens with zero attached hydrogens (tertiary/aromatic N) is 2. The van der Waals surface area contributed by atoms with Gasteiger partial charge in [-0.05, 0) is 62.2 Å². The van der Waals surface area contributed by atoms with Crippen LogP contribution in [0.15, 0.2) is 30.5 Å². The largest absolute Gasteiger partial charge is 0.330 e. The van der Waals surface area contributed by atoms with E-state index in [1.165, 1.54) is 0 Å². The van der Waals surface area contributed by atoms with E-state index >= 15 is 0 Å². The van der Waals surface area contributed by atoms with Gasteiger partial charge < -0.3 is 5.73 Å². The topological polar surface area (TPSA) is 42.1 Å². The van der Waals surface area contributed by atoms with Crippen LogP contribution < -0.4 is 5.73 Å². The fraction of sp³-hybridized carbons (Fsp3) is 0.438. The average Bonchev–Trinajstić information content (AvgIpc) is 2.48. The third-order valence-corrected chi connectivity index (χ3v) is 4.18. The molecule has 1 aromatic heterocycles. The molecule has 21 heavy (non-hydrogen) atoms. The Morgan fingerprint density at radius 1 is 1.29 bits per heavy atom. The number of rotatable bonds is 3. The van der Waals surface area contributed by atoms with Crippen molar-refractivity contribution in [2.24, 2.45) is 11.7 Å². The van der Waals surface area contributed by atoms with E-state index in [0.29, 0.717) is 5.92 Å². The van der Waals surface area contributed by atoms with Crippen molar-refractivity contribution in [2.75, 3.05) is 19.6 Å². The summed E-state index contributed by atoms with van der Waals surface area (Å²) in [5.41, 5.74) is 7.61. The number of aromatic nitrogens is 1. The second kappa shape index (κ2) is 7.16. The molecule has 0 unspecified atom stereocenters. The van der Waals surface area contributed by atoms with Crippen LogP contribution in [-0.2, 0) is 6.54 Å². The predicted octanol–water partition coefficient (Wildman–Crippen LogP) is 2.97. The standard InChI is InChI=1S/C16H20FN3.ClH/c17-15-8-13-2-1-5-19-16(13)14(9-15)11-20-6-3-12(10-18)4-7-20;/h1-2,5,8-9,12H,3-4,6-7,10-11,18H2;1H. The van der Waals surface area contributed by atoms with E-state index in [1.807, 2.05) is 12.1 Å². The lowest BCUT2D eigenvalue weighted by molar-refractivity contribution is 0.181. The highest BCUT2D eigenvalue weighted by Crippen LogP contribution is 2.23. The molecule has 0 atom stereocenters. The molecule has 1 fully saturated rings. The van der Waals surface area contributed by atoms with E-state index in [-0.39, 0.29) is 18.2 Å². The van der Waals surface area contributed by atoms with Crippen LogP contribution in [0.4, 0.5) is 4.39 Å². The summed E-state index contributed by atoms with van der Waals surface area (Å²) < 4.78 is 13.7. The maximum Gasteiger partial charge on any atom is 0.124 e. The van der Waals surface area contributed by atoms with Gasteiger partial charge >= 0.3 is 0 Å². The van der Waals surface area contributed by atoms with Crippen LogP contribution in [0.25, 0.3) is 10.9 Å². The summed E-state index contributed by atoms with van der Waals surface area (Å²) >= 11 is 0. The normalized spacial score (nSPS) is 16.9. The molecule has 0 radical (unpaired) electrons. The highest BCUT2D eigenvalue weighted by atomic mass is 35.5. The van der Waals surface area contributed by atoms with Crippen molar-refractivity contribution < 1.29 is 4.39 Å². The summed E-state index contributed by atoms with van der Waals surface area (Å²) in [6, 6.07) is 6.92. The monoisotopic (exact) mass is 309 g/mol. The molecule has 0 aliphatic carbocycles. The molecular weight excluding hydrogens is 289 g/mol. The van der Waals surface area contributed by atoms with Crippen LogP contribution in [-0.4, -0.2) is 29.5 Å². The van der Waals surface area contributed by atoms with E-state index in [2.05, 4.69) is 9.88 Å². The fourth-order valence-corrected chi connectivity index (χ4v) is 2.97.